The molecule has 0 atom stereocenters. The van der Waals surface area contributed by atoms with Gasteiger partial charge in [-0.3, -0.25) is 4.99 Å². The summed E-state index contributed by atoms with van der Waals surface area (Å²) in [6.07, 6.45) is 1.89. The van der Waals surface area contributed by atoms with E-state index in [-0.39, 0.29) is 0 Å². The van der Waals surface area contributed by atoms with E-state index >= 15 is 0 Å². The smallest absolute Gasteiger partial charge is 0.133 e. The summed E-state index contributed by atoms with van der Waals surface area (Å²) in [5.41, 5.74) is 9.44. The van der Waals surface area contributed by atoms with Crippen LogP contribution < -0.4 is 9.47 Å². The fourth-order valence-electron chi connectivity index (χ4n) is 4.52. The number of rotatable bonds is 6. The number of methoxy groups -OCH3 is 2. The molecule has 0 unspecified atom stereocenters. The minimum atomic E-state index is 0.698. The highest BCUT2D eigenvalue weighted by Gasteiger charge is 2.23. The van der Waals surface area contributed by atoms with Crippen LogP contribution in [0.4, 0.5) is 5.69 Å². The van der Waals surface area contributed by atoms with Crippen LogP contribution in [-0.2, 0) is 0 Å². The Labute approximate surface area is 205 Å². The van der Waals surface area contributed by atoms with Gasteiger partial charge in [0, 0.05) is 17.8 Å². The fourth-order valence-corrected chi connectivity index (χ4v) is 4.52. The van der Waals surface area contributed by atoms with Gasteiger partial charge in [0.15, 0.2) is 0 Å². The first kappa shape index (κ1) is 22.5. The zero-order valence-electron chi connectivity index (χ0n) is 20.4. The molecule has 0 spiro atoms. The van der Waals surface area contributed by atoms with E-state index in [2.05, 4.69) is 73.4 Å². The molecule has 35 heavy (non-hydrogen) atoms. The van der Waals surface area contributed by atoms with Crippen molar-refractivity contribution in [3.63, 3.8) is 0 Å². The summed E-state index contributed by atoms with van der Waals surface area (Å²) in [4.78, 5) is 8.58. The maximum absolute atomic E-state index is 5.89. The molecule has 4 nitrogen and oxygen atoms in total. The number of aromatic amines is 1. The second-order valence-electron chi connectivity index (χ2n) is 8.53. The number of fused-ring (bicyclic) bond motifs is 1. The van der Waals surface area contributed by atoms with Gasteiger partial charge in [-0.15, -0.1) is 0 Å². The molecule has 0 bridgehead atoms. The molecule has 4 aromatic carbocycles. The summed E-state index contributed by atoms with van der Waals surface area (Å²) < 4.78 is 11.7. The maximum atomic E-state index is 5.89. The Balaban J connectivity index is 1.84. The number of aromatic nitrogens is 1. The normalized spacial score (nSPS) is 11.3. The zero-order chi connectivity index (χ0) is 24.4. The highest BCUT2D eigenvalue weighted by Crippen LogP contribution is 2.45. The van der Waals surface area contributed by atoms with Crippen molar-refractivity contribution in [3.05, 3.63) is 102 Å². The molecular formula is C31H28N2O2. The van der Waals surface area contributed by atoms with E-state index in [0.29, 0.717) is 5.75 Å². The molecule has 0 fully saturated rings. The molecule has 5 rings (SSSR count). The summed E-state index contributed by atoms with van der Waals surface area (Å²) in [5, 5.41) is 1.00. The number of benzene rings is 4. The number of hydrogen-bond acceptors (Lipinski definition) is 3. The van der Waals surface area contributed by atoms with Crippen molar-refractivity contribution >= 4 is 22.8 Å². The molecule has 5 aromatic rings. The van der Waals surface area contributed by atoms with Crippen molar-refractivity contribution in [3.8, 4) is 33.9 Å². The minimum Gasteiger partial charge on any atom is -0.496 e. The van der Waals surface area contributed by atoms with Gasteiger partial charge in [-0.1, -0.05) is 72.8 Å². The number of nitrogens with zero attached hydrogens (tertiary/aromatic N) is 1. The Kier molecular flexibility index (Phi) is 6.11. The summed E-state index contributed by atoms with van der Waals surface area (Å²) in [5.74, 6) is 1.45. The summed E-state index contributed by atoms with van der Waals surface area (Å²) in [6, 6.07) is 28.9. The molecule has 0 radical (unpaired) electrons. The van der Waals surface area contributed by atoms with Crippen LogP contribution in [0.3, 0.4) is 0 Å². The molecule has 0 saturated heterocycles. The van der Waals surface area contributed by atoms with E-state index in [1.54, 1.807) is 14.2 Å². The lowest BCUT2D eigenvalue weighted by molar-refractivity contribution is 0.397. The Morgan fingerprint density at radius 3 is 2.06 bits per heavy atom. The van der Waals surface area contributed by atoms with Crippen LogP contribution in [0.25, 0.3) is 33.3 Å². The average Bonchev–Trinajstić information content (AvgIpc) is 3.31. The molecular weight excluding hydrogens is 432 g/mol. The van der Waals surface area contributed by atoms with E-state index in [0.717, 1.165) is 55.9 Å². The topological polar surface area (TPSA) is 46.6 Å². The highest BCUT2D eigenvalue weighted by molar-refractivity contribution is 6.13. The predicted molar refractivity (Wildman–Crippen MR) is 145 cm³/mol. The molecule has 0 saturated carbocycles. The number of H-pyrrole nitrogens is 1. The van der Waals surface area contributed by atoms with Gasteiger partial charge in [0.25, 0.3) is 0 Å². The Morgan fingerprint density at radius 2 is 1.40 bits per heavy atom. The lowest BCUT2D eigenvalue weighted by Crippen LogP contribution is -1.96. The van der Waals surface area contributed by atoms with Gasteiger partial charge >= 0.3 is 0 Å². The van der Waals surface area contributed by atoms with Crippen molar-refractivity contribution < 1.29 is 9.47 Å². The molecule has 1 heterocycles. The van der Waals surface area contributed by atoms with Crippen LogP contribution in [-0.4, -0.2) is 25.4 Å². The summed E-state index contributed by atoms with van der Waals surface area (Å²) in [6.45, 7) is 4.20. The van der Waals surface area contributed by atoms with E-state index in [9.17, 15) is 0 Å². The van der Waals surface area contributed by atoms with Crippen LogP contribution in [0.2, 0.25) is 0 Å². The van der Waals surface area contributed by atoms with E-state index in [1.165, 1.54) is 5.56 Å². The van der Waals surface area contributed by atoms with Crippen molar-refractivity contribution in [2.45, 2.75) is 13.8 Å². The number of aryl methyl sites for hydroxylation is 1. The van der Waals surface area contributed by atoms with E-state index in [4.69, 9.17) is 14.5 Å². The first-order valence-corrected chi connectivity index (χ1v) is 11.6. The molecule has 1 aromatic heterocycles. The molecule has 0 aliphatic carbocycles. The first-order chi connectivity index (χ1) is 17.1. The lowest BCUT2D eigenvalue weighted by atomic mass is 9.97. The van der Waals surface area contributed by atoms with Gasteiger partial charge in [-0.25, -0.2) is 0 Å². The van der Waals surface area contributed by atoms with Crippen molar-refractivity contribution in [1.29, 1.82) is 0 Å². The maximum Gasteiger partial charge on any atom is 0.133 e. The minimum absolute atomic E-state index is 0.698. The van der Waals surface area contributed by atoms with Crippen LogP contribution in [0.5, 0.6) is 11.5 Å². The fraction of sp³-hybridized carbons (Fsp3) is 0.129. The Bertz CT molecular complexity index is 1520. The highest BCUT2D eigenvalue weighted by atomic mass is 16.5. The molecule has 4 heteroatoms. The van der Waals surface area contributed by atoms with Crippen LogP contribution in [0, 0.1) is 13.8 Å². The quantitative estimate of drug-likeness (QED) is 0.262. The van der Waals surface area contributed by atoms with Crippen molar-refractivity contribution in [1.82, 2.24) is 4.98 Å². The van der Waals surface area contributed by atoms with Gasteiger partial charge in [-0.05, 0) is 42.2 Å². The second-order valence-corrected chi connectivity index (χ2v) is 8.53. The third-order valence-electron chi connectivity index (χ3n) is 6.52. The van der Waals surface area contributed by atoms with Gasteiger partial charge in [0.1, 0.15) is 11.5 Å². The molecule has 174 valence electrons. The lowest BCUT2D eigenvalue weighted by Gasteiger charge is -2.12. The summed E-state index contributed by atoms with van der Waals surface area (Å²) in [7, 11) is 3.37. The third kappa shape index (κ3) is 4.08. The van der Waals surface area contributed by atoms with Gasteiger partial charge in [0.05, 0.1) is 42.1 Å². The number of ether oxygens (including phenoxy) is 2. The first-order valence-electron chi connectivity index (χ1n) is 11.6. The number of hydrogen-bond donors (Lipinski definition) is 1. The molecule has 0 amide bonds. The molecule has 1 N–H and O–H groups in total. The number of nitrogens with one attached hydrogen (secondary N) is 1. The van der Waals surface area contributed by atoms with Crippen LogP contribution >= 0.6 is 0 Å². The standard InChI is InChI=1S/C31H28N2O2/c1-20-12-11-17-25(21(20)2)32-19-24-26(34-3)18-27(35-4)29-28(22-13-7-5-8-14-22)30(33-31(24)29)23-15-9-6-10-16-23/h5-19,33H,1-4H3. The van der Waals surface area contributed by atoms with Gasteiger partial charge < -0.3 is 14.5 Å². The SMILES string of the molecule is COc1cc(OC)c2c(-c3ccccc3)c(-c3ccccc3)[nH]c2c1C=Nc1cccc(C)c1C. The van der Waals surface area contributed by atoms with Crippen LogP contribution in [0.15, 0.2) is 89.9 Å². The predicted octanol–water partition coefficient (Wildman–Crippen LogP) is 7.89. The van der Waals surface area contributed by atoms with Crippen LogP contribution in [0.1, 0.15) is 16.7 Å². The molecule has 0 aliphatic heterocycles. The average molecular weight is 461 g/mol. The third-order valence-corrected chi connectivity index (χ3v) is 6.52. The van der Waals surface area contributed by atoms with Gasteiger partial charge in [0.2, 0.25) is 0 Å². The largest absolute Gasteiger partial charge is 0.496 e. The Hall–Kier alpha value is -4.31. The molecule has 0 aliphatic rings. The van der Waals surface area contributed by atoms with Crippen molar-refractivity contribution in [2.75, 3.05) is 14.2 Å². The Morgan fingerprint density at radius 1 is 0.743 bits per heavy atom. The number of aliphatic imine (C=N–C) groups is 1. The summed E-state index contributed by atoms with van der Waals surface area (Å²) >= 11 is 0. The van der Waals surface area contributed by atoms with E-state index < -0.39 is 0 Å². The second kappa shape index (κ2) is 9.51. The van der Waals surface area contributed by atoms with E-state index in [1.807, 2.05) is 36.5 Å². The van der Waals surface area contributed by atoms with Gasteiger partial charge in [-0.2, -0.15) is 0 Å². The van der Waals surface area contributed by atoms with Crippen molar-refractivity contribution in [2.24, 2.45) is 4.99 Å². The zero-order valence-corrected chi connectivity index (χ0v) is 20.4. The monoisotopic (exact) mass is 460 g/mol.